The molecule has 1 saturated heterocycles. The summed E-state index contributed by atoms with van der Waals surface area (Å²) in [5.41, 5.74) is 6.89. The van der Waals surface area contributed by atoms with Gasteiger partial charge in [-0.2, -0.15) is 13.2 Å². The third-order valence-corrected chi connectivity index (χ3v) is 3.97. The van der Waals surface area contributed by atoms with Gasteiger partial charge in [0.15, 0.2) is 0 Å². The number of carbonyl (C=O) groups is 1. The predicted octanol–water partition coefficient (Wildman–Crippen LogP) is 1.70. The van der Waals surface area contributed by atoms with Crippen LogP contribution in [0.5, 0.6) is 0 Å². The molecular weight excluding hydrogens is 307 g/mol. The van der Waals surface area contributed by atoms with E-state index in [2.05, 4.69) is 5.32 Å². The van der Waals surface area contributed by atoms with Gasteiger partial charge in [0.2, 0.25) is 5.91 Å². The van der Waals surface area contributed by atoms with Gasteiger partial charge in [0.05, 0.1) is 12.6 Å². The van der Waals surface area contributed by atoms with E-state index < -0.39 is 18.8 Å². The summed E-state index contributed by atoms with van der Waals surface area (Å²) in [6.45, 7) is -0.224. The van der Waals surface area contributed by atoms with Gasteiger partial charge in [0.25, 0.3) is 0 Å². The van der Waals surface area contributed by atoms with E-state index in [0.29, 0.717) is 32.4 Å². The van der Waals surface area contributed by atoms with Crippen molar-refractivity contribution < 1.29 is 18.0 Å². The van der Waals surface area contributed by atoms with Crippen molar-refractivity contribution in [3.8, 4) is 0 Å². The van der Waals surface area contributed by atoms with E-state index in [1.165, 1.54) is 4.90 Å². The number of rotatable bonds is 5. The number of piperidine rings is 1. The molecule has 2 rings (SSSR count). The highest BCUT2D eigenvalue weighted by molar-refractivity contribution is 5.82. The van der Waals surface area contributed by atoms with Crippen molar-refractivity contribution in [3.63, 3.8) is 0 Å². The van der Waals surface area contributed by atoms with Crippen molar-refractivity contribution in [1.29, 1.82) is 0 Å². The third kappa shape index (κ3) is 6.19. The Morgan fingerprint density at radius 2 is 1.87 bits per heavy atom. The Bertz CT molecular complexity index is 499. The largest absolute Gasteiger partial charge is 0.401 e. The summed E-state index contributed by atoms with van der Waals surface area (Å²) < 4.78 is 37.0. The van der Waals surface area contributed by atoms with Crippen molar-refractivity contribution in [2.45, 2.75) is 37.5 Å². The summed E-state index contributed by atoms with van der Waals surface area (Å²) in [4.78, 5) is 13.5. The van der Waals surface area contributed by atoms with Crippen LogP contribution in [0.3, 0.4) is 0 Å². The van der Waals surface area contributed by atoms with Gasteiger partial charge in [-0.05, 0) is 24.8 Å². The van der Waals surface area contributed by atoms with Gasteiger partial charge in [0, 0.05) is 19.1 Å². The SMILES string of the molecule is NC(Cc1ccccc1)C(=O)NC1CCN(CC(F)(F)F)CC1. The van der Waals surface area contributed by atoms with Gasteiger partial charge in [-0.15, -0.1) is 0 Å². The number of likely N-dealkylation sites (tertiary alicyclic amines) is 1. The lowest BCUT2D eigenvalue weighted by atomic mass is 10.0. The minimum absolute atomic E-state index is 0.103. The highest BCUT2D eigenvalue weighted by Gasteiger charge is 2.33. The maximum atomic E-state index is 12.3. The summed E-state index contributed by atoms with van der Waals surface area (Å²) in [5, 5.41) is 2.85. The molecule has 1 fully saturated rings. The topological polar surface area (TPSA) is 58.4 Å². The van der Waals surface area contributed by atoms with Crippen LogP contribution >= 0.6 is 0 Å². The van der Waals surface area contributed by atoms with E-state index in [1.54, 1.807) is 0 Å². The Kier molecular flexibility index (Phi) is 6.01. The van der Waals surface area contributed by atoms with Crippen molar-refractivity contribution in [2.24, 2.45) is 5.73 Å². The first-order chi connectivity index (χ1) is 10.8. The molecule has 0 aromatic heterocycles. The summed E-state index contributed by atoms with van der Waals surface area (Å²) >= 11 is 0. The molecule has 1 aromatic rings. The molecule has 1 aromatic carbocycles. The smallest absolute Gasteiger partial charge is 0.352 e. The van der Waals surface area contributed by atoms with Crippen molar-refractivity contribution >= 4 is 5.91 Å². The zero-order valence-electron chi connectivity index (χ0n) is 12.9. The molecule has 0 spiro atoms. The lowest BCUT2D eigenvalue weighted by molar-refractivity contribution is -0.148. The van der Waals surface area contributed by atoms with Crippen molar-refractivity contribution in [3.05, 3.63) is 35.9 Å². The molecule has 23 heavy (non-hydrogen) atoms. The zero-order valence-corrected chi connectivity index (χ0v) is 12.9. The Labute approximate surface area is 133 Å². The number of amides is 1. The fourth-order valence-corrected chi connectivity index (χ4v) is 2.76. The third-order valence-electron chi connectivity index (χ3n) is 3.97. The number of hydrogen-bond donors (Lipinski definition) is 2. The van der Waals surface area contributed by atoms with Gasteiger partial charge < -0.3 is 11.1 Å². The van der Waals surface area contributed by atoms with E-state index in [9.17, 15) is 18.0 Å². The first kappa shape index (κ1) is 17.7. The predicted molar refractivity (Wildman–Crippen MR) is 81.8 cm³/mol. The second-order valence-electron chi connectivity index (χ2n) is 5.97. The quantitative estimate of drug-likeness (QED) is 0.864. The standard InChI is InChI=1S/C16H22F3N3O/c17-16(18,19)11-22-8-6-13(7-9-22)21-15(23)14(20)10-12-4-2-1-3-5-12/h1-5,13-14H,6-11,20H2,(H,21,23). The molecule has 1 unspecified atom stereocenters. The number of nitrogens with zero attached hydrogens (tertiary/aromatic N) is 1. The van der Waals surface area contributed by atoms with Crippen molar-refractivity contribution in [1.82, 2.24) is 10.2 Å². The Hall–Kier alpha value is -1.60. The highest BCUT2D eigenvalue weighted by Crippen LogP contribution is 2.19. The second kappa shape index (κ2) is 7.79. The number of hydrogen-bond acceptors (Lipinski definition) is 3. The van der Waals surface area contributed by atoms with E-state index in [4.69, 9.17) is 5.73 Å². The van der Waals surface area contributed by atoms with Gasteiger partial charge in [0.1, 0.15) is 0 Å². The molecule has 0 saturated carbocycles. The molecular formula is C16H22F3N3O. The van der Waals surface area contributed by atoms with E-state index in [0.717, 1.165) is 5.56 Å². The molecule has 0 radical (unpaired) electrons. The van der Waals surface area contributed by atoms with Crippen LogP contribution in [0, 0.1) is 0 Å². The van der Waals surface area contributed by atoms with Crippen LogP contribution in [0.1, 0.15) is 18.4 Å². The number of alkyl halides is 3. The lowest BCUT2D eigenvalue weighted by Crippen LogP contribution is -2.51. The average Bonchev–Trinajstić information content (AvgIpc) is 2.48. The fourth-order valence-electron chi connectivity index (χ4n) is 2.76. The van der Waals surface area contributed by atoms with Gasteiger partial charge in [-0.25, -0.2) is 0 Å². The van der Waals surface area contributed by atoms with E-state index in [1.807, 2.05) is 30.3 Å². The second-order valence-corrected chi connectivity index (χ2v) is 5.97. The fraction of sp³-hybridized carbons (Fsp3) is 0.562. The molecule has 0 aliphatic carbocycles. The van der Waals surface area contributed by atoms with Crippen LogP contribution in [0.25, 0.3) is 0 Å². The monoisotopic (exact) mass is 329 g/mol. The number of nitrogens with two attached hydrogens (primary N) is 1. The number of carbonyl (C=O) groups excluding carboxylic acids is 1. The highest BCUT2D eigenvalue weighted by atomic mass is 19.4. The molecule has 128 valence electrons. The minimum Gasteiger partial charge on any atom is -0.352 e. The van der Waals surface area contributed by atoms with Crippen molar-refractivity contribution in [2.75, 3.05) is 19.6 Å². The van der Waals surface area contributed by atoms with Crippen LogP contribution < -0.4 is 11.1 Å². The van der Waals surface area contributed by atoms with Gasteiger partial charge in [-0.1, -0.05) is 30.3 Å². The van der Waals surface area contributed by atoms with Gasteiger partial charge >= 0.3 is 6.18 Å². The van der Waals surface area contributed by atoms with Crippen LogP contribution in [-0.2, 0) is 11.2 Å². The maximum absolute atomic E-state index is 12.3. The summed E-state index contributed by atoms with van der Waals surface area (Å²) in [5.74, 6) is -0.247. The van der Waals surface area contributed by atoms with Crippen LogP contribution in [0.2, 0.25) is 0 Å². The number of nitrogens with one attached hydrogen (secondary N) is 1. The van der Waals surface area contributed by atoms with E-state index in [-0.39, 0.29) is 11.9 Å². The average molecular weight is 329 g/mol. The first-order valence-corrected chi connectivity index (χ1v) is 7.72. The maximum Gasteiger partial charge on any atom is 0.401 e. The van der Waals surface area contributed by atoms with Crippen LogP contribution in [-0.4, -0.2) is 48.7 Å². The zero-order chi connectivity index (χ0) is 16.9. The molecule has 1 aliphatic heterocycles. The molecule has 3 N–H and O–H groups in total. The Morgan fingerprint density at radius 1 is 1.26 bits per heavy atom. The minimum atomic E-state index is -4.17. The molecule has 1 aliphatic rings. The normalized spacial score (nSPS) is 18.6. The molecule has 1 heterocycles. The Balaban J connectivity index is 1.74. The van der Waals surface area contributed by atoms with Gasteiger partial charge in [-0.3, -0.25) is 9.69 Å². The van der Waals surface area contributed by atoms with E-state index >= 15 is 0 Å². The molecule has 7 heteroatoms. The molecule has 1 atom stereocenters. The van der Waals surface area contributed by atoms with Crippen LogP contribution in [0.15, 0.2) is 30.3 Å². The molecule has 1 amide bonds. The summed E-state index contributed by atoms with van der Waals surface area (Å²) in [6.07, 6.45) is -2.70. The number of benzene rings is 1. The molecule has 0 bridgehead atoms. The lowest BCUT2D eigenvalue weighted by Gasteiger charge is -2.33. The number of halogens is 3. The van der Waals surface area contributed by atoms with Crippen LogP contribution in [0.4, 0.5) is 13.2 Å². The first-order valence-electron chi connectivity index (χ1n) is 7.72. The summed E-state index contributed by atoms with van der Waals surface area (Å²) in [7, 11) is 0. The Morgan fingerprint density at radius 3 is 2.43 bits per heavy atom. The summed E-state index contributed by atoms with van der Waals surface area (Å²) in [6, 6.07) is 8.72. The molecule has 4 nitrogen and oxygen atoms in total.